The van der Waals surface area contributed by atoms with Crippen LogP contribution in [0.5, 0.6) is 5.88 Å². The van der Waals surface area contributed by atoms with Crippen LogP contribution in [0.3, 0.4) is 0 Å². The molecule has 1 saturated carbocycles. The summed E-state index contributed by atoms with van der Waals surface area (Å²) in [6.45, 7) is 3.83. The van der Waals surface area contributed by atoms with E-state index in [4.69, 9.17) is 9.47 Å². The number of esters is 1. The van der Waals surface area contributed by atoms with Crippen molar-refractivity contribution in [1.29, 1.82) is 0 Å². The third kappa shape index (κ3) is 6.52. The highest BCUT2D eigenvalue weighted by Gasteiger charge is 2.22. The second-order valence-corrected chi connectivity index (χ2v) is 5.83. The van der Waals surface area contributed by atoms with Crippen molar-refractivity contribution in [3.05, 3.63) is 24.1 Å². The van der Waals surface area contributed by atoms with Crippen LogP contribution in [0.25, 0.3) is 0 Å². The van der Waals surface area contributed by atoms with Gasteiger partial charge >= 0.3 is 5.97 Å². The number of carbonyl (C=O) groups excluding carboxylic acids is 1. The zero-order valence-corrected chi connectivity index (χ0v) is 13.6. The van der Waals surface area contributed by atoms with E-state index in [1.54, 1.807) is 6.07 Å². The Labute approximate surface area is 136 Å². The average molecular weight is 324 g/mol. The molecule has 0 radical (unpaired) electrons. The minimum absolute atomic E-state index is 0.149. The lowest BCUT2D eigenvalue weighted by molar-refractivity contribution is -0.142. The molecule has 23 heavy (non-hydrogen) atoms. The molecule has 0 unspecified atom stereocenters. The Morgan fingerprint density at radius 1 is 1.35 bits per heavy atom. The summed E-state index contributed by atoms with van der Waals surface area (Å²) < 4.78 is 23.5. The molecular weight excluding hydrogens is 299 g/mol. The van der Waals surface area contributed by atoms with E-state index in [0.717, 1.165) is 32.2 Å². The molecule has 0 bridgehead atoms. The fraction of sp³-hybridized carbons (Fsp3) is 0.647. The largest absolute Gasteiger partial charge is 0.474 e. The number of nitrogens with zero attached hydrogens (tertiary/aromatic N) is 1. The fourth-order valence-corrected chi connectivity index (χ4v) is 2.79. The SMILES string of the molecule is CCOC(=O)CCNC[C@H]1CC[C@H](Oc2ccc(F)cn2)CC1. The molecular formula is C17H25FN2O3. The number of halogens is 1. The molecule has 128 valence electrons. The molecule has 1 N–H and O–H groups in total. The van der Waals surface area contributed by atoms with Gasteiger partial charge in [0, 0.05) is 12.6 Å². The molecule has 1 aromatic heterocycles. The number of nitrogens with one attached hydrogen (secondary N) is 1. The molecule has 0 atom stereocenters. The zero-order valence-electron chi connectivity index (χ0n) is 13.6. The van der Waals surface area contributed by atoms with E-state index < -0.39 is 0 Å². The van der Waals surface area contributed by atoms with Crippen molar-refractivity contribution in [2.75, 3.05) is 19.7 Å². The van der Waals surface area contributed by atoms with Crippen LogP contribution in [0.1, 0.15) is 39.0 Å². The predicted molar refractivity (Wildman–Crippen MR) is 84.7 cm³/mol. The minimum atomic E-state index is -0.352. The van der Waals surface area contributed by atoms with E-state index in [0.29, 0.717) is 31.4 Å². The van der Waals surface area contributed by atoms with Crippen molar-refractivity contribution in [2.24, 2.45) is 5.92 Å². The molecule has 2 rings (SSSR count). The van der Waals surface area contributed by atoms with Gasteiger partial charge in [-0.3, -0.25) is 4.79 Å². The van der Waals surface area contributed by atoms with Gasteiger partial charge in [-0.15, -0.1) is 0 Å². The Balaban J connectivity index is 1.58. The van der Waals surface area contributed by atoms with Crippen molar-refractivity contribution in [3.63, 3.8) is 0 Å². The maximum atomic E-state index is 12.8. The molecule has 5 nitrogen and oxygen atoms in total. The van der Waals surface area contributed by atoms with Crippen LogP contribution in [0.2, 0.25) is 0 Å². The van der Waals surface area contributed by atoms with E-state index >= 15 is 0 Å². The second kappa shape index (κ2) is 9.45. The maximum absolute atomic E-state index is 12.8. The van der Waals surface area contributed by atoms with E-state index in [9.17, 15) is 9.18 Å². The number of hydrogen-bond donors (Lipinski definition) is 1. The Morgan fingerprint density at radius 2 is 2.13 bits per heavy atom. The van der Waals surface area contributed by atoms with Crippen LogP contribution in [0.15, 0.2) is 18.3 Å². The van der Waals surface area contributed by atoms with Crippen LogP contribution < -0.4 is 10.1 Å². The van der Waals surface area contributed by atoms with Crippen molar-refractivity contribution in [3.8, 4) is 5.88 Å². The Bertz CT molecular complexity index is 473. The standard InChI is InChI=1S/C17H25FN2O3/c1-2-22-17(21)9-10-19-11-13-3-6-15(7-4-13)23-16-8-5-14(18)12-20-16/h5,8,12-13,15,19H,2-4,6-7,9-11H2,1H3/t13-,15-. The van der Waals surface area contributed by atoms with Gasteiger partial charge in [0.2, 0.25) is 5.88 Å². The Kier molecular flexibility index (Phi) is 7.26. The van der Waals surface area contributed by atoms with Crippen LogP contribution in [-0.2, 0) is 9.53 Å². The molecule has 0 aromatic carbocycles. The van der Waals surface area contributed by atoms with Gasteiger partial charge < -0.3 is 14.8 Å². The van der Waals surface area contributed by atoms with Crippen LogP contribution in [-0.4, -0.2) is 36.8 Å². The van der Waals surface area contributed by atoms with Gasteiger partial charge in [-0.05, 0) is 51.1 Å². The summed E-state index contributed by atoms with van der Waals surface area (Å²) in [6.07, 6.45) is 5.86. The number of pyridine rings is 1. The van der Waals surface area contributed by atoms with E-state index in [1.807, 2.05) is 6.92 Å². The van der Waals surface area contributed by atoms with Gasteiger partial charge in [-0.25, -0.2) is 9.37 Å². The third-order valence-electron chi connectivity index (χ3n) is 4.03. The quantitative estimate of drug-likeness (QED) is 0.588. The first kappa shape index (κ1) is 17.7. The summed E-state index contributed by atoms with van der Waals surface area (Å²) in [5.41, 5.74) is 0. The first-order chi connectivity index (χ1) is 11.2. The summed E-state index contributed by atoms with van der Waals surface area (Å²) in [6, 6.07) is 2.93. The van der Waals surface area contributed by atoms with Gasteiger partial charge in [-0.2, -0.15) is 0 Å². The monoisotopic (exact) mass is 324 g/mol. The Hall–Kier alpha value is -1.69. The summed E-state index contributed by atoms with van der Waals surface area (Å²) in [5.74, 6) is 0.597. The highest BCUT2D eigenvalue weighted by atomic mass is 19.1. The number of aromatic nitrogens is 1. The summed E-state index contributed by atoms with van der Waals surface area (Å²) in [7, 11) is 0. The predicted octanol–water partition coefficient (Wildman–Crippen LogP) is 2.70. The van der Waals surface area contributed by atoms with Crippen LogP contribution in [0.4, 0.5) is 4.39 Å². The number of rotatable bonds is 8. The smallest absolute Gasteiger partial charge is 0.307 e. The van der Waals surface area contributed by atoms with Gasteiger partial charge in [0.1, 0.15) is 11.9 Å². The number of hydrogen-bond acceptors (Lipinski definition) is 5. The second-order valence-electron chi connectivity index (χ2n) is 5.83. The van der Waals surface area contributed by atoms with Crippen molar-refractivity contribution >= 4 is 5.97 Å². The first-order valence-electron chi connectivity index (χ1n) is 8.32. The highest BCUT2D eigenvalue weighted by Crippen LogP contribution is 2.26. The van der Waals surface area contributed by atoms with Crippen molar-refractivity contribution in [1.82, 2.24) is 10.3 Å². The molecule has 0 spiro atoms. The van der Waals surface area contributed by atoms with E-state index in [2.05, 4.69) is 10.3 Å². The molecule has 1 aliphatic rings. The third-order valence-corrected chi connectivity index (χ3v) is 4.03. The minimum Gasteiger partial charge on any atom is -0.474 e. The molecule has 0 aliphatic heterocycles. The first-order valence-corrected chi connectivity index (χ1v) is 8.32. The lowest BCUT2D eigenvalue weighted by Crippen LogP contribution is -2.31. The van der Waals surface area contributed by atoms with Crippen molar-refractivity contribution < 1.29 is 18.7 Å². The normalized spacial score (nSPS) is 21.0. The molecule has 1 aliphatic carbocycles. The number of ether oxygens (including phenoxy) is 2. The molecule has 1 aromatic rings. The summed E-state index contributed by atoms with van der Waals surface area (Å²) >= 11 is 0. The van der Waals surface area contributed by atoms with Gasteiger partial charge in [0.15, 0.2) is 0 Å². The molecule has 1 fully saturated rings. The molecule has 6 heteroatoms. The van der Waals surface area contributed by atoms with Crippen molar-refractivity contribution in [2.45, 2.75) is 45.1 Å². The molecule has 1 heterocycles. The lowest BCUT2D eigenvalue weighted by Gasteiger charge is -2.28. The van der Waals surface area contributed by atoms with E-state index in [-0.39, 0.29) is 17.9 Å². The Morgan fingerprint density at radius 3 is 2.78 bits per heavy atom. The summed E-state index contributed by atoms with van der Waals surface area (Å²) in [4.78, 5) is 15.2. The molecule has 0 saturated heterocycles. The van der Waals surface area contributed by atoms with Gasteiger partial charge in [-0.1, -0.05) is 0 Å². The maximum Gasteiger partial charge on any atom is 0.307 e. The zero-order chi connectivity index (χ0) is 16.5. The van der Waals surface area contributed by atoms with Crippen LogP contribution in [0, 0.1) is 11.7 Å². The fourth-order valence-electron chi connectivity index (χ4n) is 2.79. The van der Waals surface area contributed by atoms with Crippen LogP contribution >= 0.6 is 0 Å². The summed E-state index contributed by atoms with van der Waals surface area (Å²) in [5, 5.41) is 3.32. The number of carbonyl (C=O) groups is 1. The van der Waals surface area contributed by atoms with E-state index in [1.165, 1.54) is 12.3 Å². The molecule has 0 amide bonds. The average Bonchev–Trinajstić information content (AvgIpc) is 2.55. The highest BCUT2D eigenvalue weighted by molar-refractivity contribution is 5.69. The van der Waals surface area contributed by atoms with Gasteiger partial charge in [0.25, 0.3) is 0 Å². The van der Waals surface area contributed by atoms with Gasteiger partial charge in [0.05, 0.1) is 19.2 Å². The topological polar surface area (TPSA) is 60.5 Å². The lowest BCUT2D eigenvalue weighted by atomic mass is 9.87.